The van der Waals surface area contributed by atoms with E-state index in [1.807, 2.05) is 0 Å². The minimum atomic E-state index is -5.35. The first-order chi connectivity index (χ1) is 20.2. The van der Waals surface area contributed by atoms with Crippen LogP contribution in [-0.2, 0) is 76.3 Å². The van der Waals surface area contributed by atoms with Gasteiger partial charge in [-0.25, -0.2) is 38.4 Å². The Morgan fingerprint density at radius 1 is 0.295 bits per heavy atom. The average Bonchev–Trinajstić information content (AvgIpc) is 3.13. The number of carbonyl (C=O) groups is 8. The first kappa shape index (κ1) is 31.4. The first-order valence-electron chi connectivity index (χ1n) is 11.1. The van der Waals surface area contributed by atoms with Crippen molar-refractivity contribution >= 4 is 47.8 Å². The van der Waals surface area contributed by atoms with Crippen molar-refractivity contribution < 1.29 is 107 Å². The summed E-state index contributed by atoms with van der Waals surface area (Å²) in [6.07, 6.45) is 1.03. The van der Waals surface area contributed by atoms with Gasteiger partial charge >= 0.3 is 82.8 Å². The average molecular weight is 630 g/mol. The number of ether oxygens (including phenoxy) is 8. The van der Waals surface area contributed by atoms with Crippen LogP contribution in [-0.4, -0.2) is 113 Å². The van der Waals surface area contributed by atoms with Crippen LogP contribution in [0.25, 0.3) is 0 Å². The highest BCUT2D eigenvalue weighted by Crippen LogP contribution is 2.53. The monoisotopic (exact) mass is 630 g/mol. The fourth-order valence-corrected chi connectivity index (χ4v) is 3.69. The van der Waals surface area contributed by atoms with Crippen LogP contribution in [0.5, 0.6) is 0 Å². The number of carbonyl (C=O) groups excluding carboxylic acids is 8. The molecule has 0 saturated carbocycles. The van der Waals surface area contributed by atoms with Crippen molar-refractivity contribution in [1.82, 2.24) is 0 Å². The molecular formula is C22H14O22. The summed E-state index contributed by atoms with van der Waals surface area (Å²) in [5, 5.41) is 68.8. The SMILES string of the molecule is O=C1C=CC(=O)OC(O)([C@]2(O)OC(=O)/C=C\C(=O)O[C@]2(O)[C@@]2(O)OC(=O)/C=C\C(=O)O[C@]2(O)C2(O)OC(=O)C=CC(=O)O2)O1. The summed E-state index contributed by atoms with van der Waals surface area (Å²) in [5.41, 5.74) is 0. The zero-order valence-corrected chi connectivity index (χ0v) is 20.8. The molecule has 234 valence electrons. The smallest absolute Gasteiger partial charge is 0.416 e. The molecule has 6 N–H and O–H groups in total. The Morgan fingerprint density at radius 3 is 0.659 bits per heavy atom. The van der Waals surface area contributed by atoms with E-state index in [9.17, 15) is 69.0 Å². The molecule has 4 aliphatic rings. The maximum absolute atomic E-state index is 12.6. The van der Waals surface area contributed by atoms with Gasteiger partial charge in [0.05, 0.1) is 0 Å². The Hall–Kier alpha value is -5.52. The summed E-state index contributed by atoms with van der Waals surface area (Å²) in [4.78, 5) is 98.6. The summed E-state index contributed by atoms with van der Waals surface area (Å²) in [6.45, 7) is 0. The largest absolute Gasteiger partial charge is 0.451 e. The Kier molecular flexibility index (Phi) is 7.17. The van der Waals surface area contributed by atoms with Gasteiger partial charge in [-0.3, -0.25) is 0 Å². The van der Waals surface area contributed by atoms with E-state index >= 15 is 0 Å². The molecule has 0 amide bonds. The summed E-state index contributed by atoms with van der Waals surface area (Å²) < 4.78 is 34.9. The van der Waals surface area contributed by atoms with Gasteiger partial charge in [0.2, 0.25) is 0 Å². The predicted octanol–water partition coefficient (Wildman–Crippen LogP) is -6.34. The summed E-state index contributed by atoms with van der Waals surface area (Å²) in [6, 6.07) is 0. The Bertz CT molecular complexity index is 1360. The van der Waals surface area contributed by atoms with Gasteiger partial charge in [0.1, 0.15) is 0 Å². The van der Waals surface area contributed by atoms with Gasteiger partial charge in [-0.1, -0.05) is 0 Å². The fourth-order valence-electron chi connectivity index (χ4n) is 3.69. The number of rotatable bonds is 3. The summed E-state index contributed by atoms with van der Waals surface area (Å²) in [7, 11) is 0. The van der Waals surface area contributed by atoms with Gasteiger partial charge < -0.3 is 68.5 Å². The van der Waals surface area contributed by atoms with Gasteiger partial charge in [-0.2, -0.15) is 0 Å². The maximum atomic E-state index is 12.6. The Morgan fingerprint density at radius 2 is 0.455 bits per heavy atom. The third-order valence-electron chi connectivity index (χ3n) is 5.61. The third kappa shape index (κ3) is 4.64. The van der Waals surface area contributed by atoms with Crippen LogP contribution in [0.2, 0.25) is 0 Å². The molecular weight excluding hydrogens is 616 g/mol. The topological polar surface area (TPSA) is 332 Å². The van der Waals surface area contributed by atoms with E-state index in [1.165, 1.54) is 0 Å². The molecule has 4 atom stereocenters. The number of hydrogen-bond donors (Lipinski definition) is 6. The Balaban J connectivity index is 2.12. The van der Waals surface area contributed by atoms with E-state index in [2.05, 4.69) is 37.9 Å². The molecule has 4 aliphatic heterocycles. The molecule has 22 heteroatoms. The maximum Gasteiger partial charge on any atom is 0.451 e. The van der Waals surface area contributed by atoms with Crippen LogP contribution in [0.4, 0.5) is 0 Å². The molecule has 22 nitrogen and oxygen atoms in total. The molecule has 0 aromatic heterocycles. The van der Waals surface area contributed by atoms with Gasteiger partial charge in [0, 0.05) is 48.6 Å². The van der Waals surface area contributed by atoms with Gasteiger partial charge in [0.25, 0.3) is 0 Å². The molecule has 0 aromatic carbocycles. The van der Waals surface area contributed by atoms with Crippen LogP contribution in [0, 0.1) is 0 Å². The van der Waals surface area contributed by atoms with Gasteiger partial charge in [0.15, 0.2) is 0 Å². The molecule has 0 aliphatic carbocycles. The van der Waals surface area contributed by atoms with E-state index in [0.29, 0.717) is 0 Å². The Labute approximate surface area is 239 Å². The number of esters is 8. The predicted molar refractivity (Wildman–Crippen MR) is 115 cm³/mol. The first-order valence-corrected chi connectivity index (χ1v) is 11.1. The molecule has 4 heterocycles. The lowest BCUT2D eigenvalue weighted by atomic mass is 9.84. The van der Waals surface area contributed by atoms with Crippen LogP contribution in [0.15, 0.2) is 48.6 Å². The molecule has 0 spiro atoms. The molecule has 0 radical (unpaired) electrons. The fraction of sp³-hybridized carbons (Fsp3) is 0.273. The van der Waals surface area contributed by atoms with E-state index in [0.717, 1.165) is 0 Å². The van der Waals surface area contributed by atoms with Crippen molar-refractivity contribution in [3.8, 4) is 0 Å². The molecule has 4 rings (SSSR count). The standard InChI is InChI=1S/C22H14O22/c23-9-1-3-11(25)39-19(33,21(35)41-13(27)5-6-14(28)42-21)17(31,37-9)18(32)20(34,40-12(26)4-2-10(24)38-18)22(36)43-15(29)7-8-16(30)44-22/h1-8,31-36H/b3-1-,4-2-/t17-,18-,19-,20+/m1/s1. The number of hydrogen-bond acceptors (Lipinski definition) is 22. The van der Waals surface area contributed by atoms with Crippen LogP contribution in [0.1, 0.15) is 0 Å². The minimum absolute atomic E-state index is 0.0347. The van der Waals surface area contributed by atoms with Crippen molar-refractivity contribution in [2.45, 2.75) is 35.1 Å². The van der Waals surface area contributed by atoms with E-state index in [1.54, 1.807) is 0 Å². The van der Waals surface area contributed by atoms with Crippen LogP contribution < -0.4 is 0 Å². The second-order valence-corrected chi connectivity index (χ2v) is 8.44. The minimum Gasteiger partial charge on any atom is -0.416 e. The van der Waals surface area contributed by atoms with Gasteiger partial charge in [-0.05, 0) is 0 Å². The van der Waals surface area contributed by atoms with Crippen LogP contribution >= 0.6 is 0 Å². The van der Waals surface area contributed by atoms with E-state index in [-0.39, 0.29) is 48.6 Å². The normalized spacial score (nSPS) is 36.4. The highest BCUT2D eigenvalue weighted by atomic mass is 16.9. The lowest BCUT2D eigenvalue weighted by Gasteiger charge is -2.55. The number of aliphatic hydroxyl groups is 6. The summed E-state index contributed by atoms with van der Waals surface area (Å²) in [5.74, 6) is -46.6. The molecule has 0 unspecified atom stereocenters. The zero-order chi connectivity index (χ0) is 32.9. The third-order valence-corrected chi connectivity index (χ3v) is 5.61. The number of cyclic esters (lactones) is 8. The van der Waals surface area contributed by atoms with Crippen molar-refractivity contribution in [3.05, 3.63) is 48.6 Å². The molecule has 0 aromatic rings. The molecule has 0 saturated heterocycles. The van der Waals surface area contributed by atoms with Crippen molar-refractivity contribution in [2.24, 2.45) is 0 Å². The lowest BCUT2D eigenvalue weighted by molar-refractivity contribution is -0.583. The molecule has 0 fully saturated rings. The summed E-state index contributed by atoms with van der Waals surface area (Å²) >= 11 is 0. The highest BCUT2D eigenvalue weighted by molar-refractivity contribution is 5.96. The van der Waals surface area contributed by atoms with Crippen molar-refractivity contribution in [2.75, 3.05) is 0 Å². The quantitative estimate of drug-likeness (QED) is 0.125. The van der Waals surface area contributed by atoms with Crippen LogP contribution in [0.3, 0.4) is 0 Å². The second kappa shape index (κ2) is 10.0. The zero-order valence-electron chi connectivity index (χ0n) is 20.8. The van der Waals surface area contributed by atoms with Gasteiger partial charge in [-0.15, -0.1) is 0 Å². The van der Waals surface area contributed by atoms with E-state index in [4.69, 9.17) is 0 Å². The van der Waals surface area contributed by atoms with Crippen molar-refractivity contribution in [1.29, 1.82) is 0 Å². The lowest BCUT2D eigenvalue weighted by Crippen LogP contribution is -2.88. The van der Waals surface area contributed by atoms with Crippen molar-refractivity contribution in [3.63, 3.8) is 0 Å². The molecule has 0 bridgehead atoms. The van der Waals surface area contributed by atoms with E-state index < -0.39 is 82.8 Å². The highest BCUT2D eigenvalue weighted by Gasteiger charge is 2.92. The second-order valence-electron chi connectivity index (χ2n) is 8.44. The molecule has 44 heavy (non-hydrogen) atoms.